The van der Waals surface area contributed by atoms with E-state index >= 15 is 0 Å². The fourth-order valence-corrected chi connectivity index (χ4v) is 6.85. The summed E-state index contributed by atoms with van der Waals surface area (Å²) in [5, 5.41) is 21.7. The van der Waals surface area contributed by atoms with Gasteiger partial charge < -0.3 is 20.6 Å². The number of likely N-dealkylation sites (tertiary alicyclic amines) is 1. The van der Waals surface area contributed by atoms with Crippen LogP contribution < -0.4 is 10.6 Å². The fourth-order valence-electron chi connectivity index (χ4n) is 5.34. The third kappa shape index (κ3) is 7.60. The molecule has 1 aliphatic heterocycles. The van der Waals surface area contributed by atoms with Crippen LogP contribution in [0.2, 0.25) is 10.0 Å². The molecule has 2 amide bonds. The lowest BCUT2D eigenvalue weighted by Crippen LogP contribution is -2.47. The molecule has 3 heterocycles. The quantitative estimate of drug-likeness (QED) is 0.193. The second-order valence-electron chi connectivity index (χ2n) is 10.7. The summed E-state index contributed by atoms with van der Waals surface area (Å²) in [6.07, 6.45) is 3.65. The summed E-state index contributed by atoms with van der Waals surface area (Å²) in [6.45, 7) is 4.70. The van der Waals surface area contributed by atoms with Gasteiger partial charge in [0.1, 0.15) is 5.01 Å². The number of aliphatic hydroxyl groups excluding tert-OH is 1. The van der Waals surface area contributed by atoms with Crippen molar-refractivity contribution in [1.82, 2.24) is 25.5 Å². The van der Waals surface area contributed by atoms with Crippen LogP contribution in [0.5, 0.6) is 0 Å². The smallest absolute Gasteiger partial charge is 0.256 e. The fraction of sp³-hybridized carbons (Fsp3) is 0.312. The average molecular weight is 639 g/mol. The molecule has 0 saturated carbocycles. The molecule has 43 heavy (non-hydrogen) atoms. The zero-order valence-corrected chi connectivity index (χ0v) is 26.2. The second kappa shape index (κ2) is 14.0. The maximum absolute atomic E-state index is 13.5. The van der Waals surface area contributed by atoms with Gasteiger partial charge in [-0.2, -0.15) is 0 Å². The molecule has 0 bridgehead atoms. The van der Waals surface area contributed by atoms with Crippen molar-refractivity contribution >= 4 is 46.4 Å². The van der Waals surface area contributed by atoms with E-state index in [2.05, 4.69) is 20.6 Å². The number of amides is 2. The molecule has 2 aromatic heterocycles. The van der Waals surface area contributed by atoms with E-state index in [9.17, 15) is 14.7 Å². The number of aromatic nitrogens is 2. The van der Waals surface area contributed by atoms with Crippen LogP contribution in [-0.2, 0) is 6.54 Å². The Labute approximate surface area is 265 Å². The molecule has 1 fully saturated rings. The van der Waals surface area contributed by atoms with Crippen molar-refractivity contribution in [3.63, 3.8) is 0 Å². The number of carbonyl (C=O) groups is 2. The van der Waals surface area contributed by atoms with Crippen LogP contribution in [0, 0.1) is 6.92 Å². The van der Waals surface area contributed by atoms with Crippen molar-refractivity contribution in [2.24, 2.45) is 0 Å². The summed E-state index contributed by atoms with van der Waals surface area (Å²) in [5.74, 6) is -0.615. The first kappa shape index (κ1) is 31.1. The summed E-state index contributed by atoms with van der Waals surface area (Å²) in [6, 6.07) is 15.1. The van der Waals surface area contributed by atoms with Gasteiger partial charge in [-0.3, -0.25) is 14.6 Å². The van der Waals surface area contributed by atoms with Crippen LogP contribution in [0.15, 0.2) is 72.4 Å². The van der Waals surface area contributed by atoms with Crippen LogP contribution in [-0.4, -0.2) is 50.5 Å². The maximum Gasteiger partial charge on any atom is 0.256 e. The van der Waals surface area contributed by atoms with Gasteiger partial charge in [-0.15, -0.1) is 11.3 Å². The highest BCUT2D eigenvalue weighted by Gasteiger charge is 2.33. The lowest BCUT2D eigenvalue weighted by Gasteiger charge is -2.30. The first-order valence-electron chi connectivity index (χ1n) is 14.1. The Hall–Kier alpha value is -3.34. The number of benzene rings is 2. The molecule has 4 aromatic rings. The summed E-state index contributed by atoms with van der Waals surface area (Å²) in [5.41, 5.74) is 3.23. The number of halogens is 2. The van der Waals surface area contributed by atoms with Gasteiger partial charge in [0.05, 0.1) is 35.4 Å². The first-order chi connectivity index (χ1) is 20.7. The predicted octanol–water partition coefficient (Wildman–Crippen LogP) is 6.14. The van der Waals surface area contributed by atoms with Gasteiger partial charge in [-0.1, -0.05) is 53.5 Å². The summed E-state index contributed by atoms with van der Waals surface area (Å²) < 4.78 is 0. The van der Waals surface area contributed by atoms with Gasteiger partial charge in [0, 0.05) is 46.6 Å². The van der Waals surface area contributed by atoms with Crippen LogP contribution in [0.3, 0.4) is 0 Å². The Balaban J connectivity index is 1.28. The van der Waals surface area contributed by atoms with Gasteiger partial charge in [-0.05, 0) is 62.1 Å². The number of pyridine rings is 1. The average Bonchev–Trinajstić information content (AvgIpc) is 3.66. The first-order valence-corrected chi connectivity index (χ1v) is 15.7. The summed E-state index contributed by atoms with van der Waals surface area (Å²) in [4.78, 5) is 37.4. The molecule has 0 aliphatic carbocycles. The Morgan fingerprint density at radius 3 is 2.51 bits per heavy atom. The van der Waals surface area contributed by atoms with Crippen LogP contribution >= 0.6 is 34.5 Å². The summed E-state index contributed by atoms with van der Waals surface area (Å²) in [7, 11) is 0. The molecular weight excluding hydrogens is 605 g/mol. The van der Waals surface area contributed by atoms with E-state index in [1.165, 1.54) is 12.4 Å². The van der Waals surface area contributed by atoms with E-state index in [1.54, 1.807) is 30.4 Å². The molecule has 0 radical (unpaired) electrons. The molecule has 1 saturated heterocycles. The van der Waals surface area contributed by atoms with Crippen molar-refractivity contribution in [3.05, 3.63) is 115 Å². The number of aliphatic hydroxyl groups is 1. The Morgan fingerprint density at radius 1 is 1.09 bits per heavy atom. The second-order valence-corrected chi connectivity index (χ2v) is 12.5. The number of rotatable bonds is 10. The lowest BCUT2D eigenvalue weighted by atomic mass is 9.96. The highest BCUT2D eigenvalue weighted by Crippen LogP contribution is 2.34. The SMILES string of the molecule is Cc1csc(C2CCCN2C(=O)c2cncc(C(=O)NC(C)C(O)C(NCc3cc(Cl)cc(Cl)c3)c3ccccc3)c2)n1. The van der Waals surface area contributed by atoms with E-state index in [-0.39, 0.29) is 17.5 Å². The predicted molar refractivity (Wildman–Crippen MR) is 170 cm³/mol. The van der Waals surface area contributed by atoms with Gasteiger partial charge >= 0.3 is 0 Å². The molecule has 2 aromatic carbocycles. The topological polar surface area (TPSA) is 107 Å². The molecule has 3 N–H and O–H groups in total. The highest BCUT2D eigenvalue weighted by molar-refractivity contribution is 7.09. The molecule has 1 aliphatic rings. The normalized spacial score (nSPS) is 17.0. The van der Waals surface area contributed by atoms with Crippen molar-refractivity contribution < 1.29 is 14.7 Å². The lowest BCUT2D eigenvalue weighted by molar-refractivity contribution is 0.0732. The molecular formula is C32H33Cl2N5O3S. The number of nitrogens with zero attached hydrogens (tertiary/aromatic N) is 3. The number of carbonyl (C=O) groups excluding carboxylic acids is 2. The largest absolute Gasteiger partial charge is 0.389 e. The third-order valence-corrected chi connectivity index (χ3v) is 9.00. The van der Waals surface area contributed by atoms with Crippen LogP contribution in [0.1, 0.15) is 74.4 Å². The Bertz CT molecular complexity index is 1560. The molecule has 8 nitrogen and oxygen atoms in total. The molecule has 4 atom stereocenters. The zero-order valence-electron chi connectivity index (χ0n) is 23.8. The number of hydrogen-bond donors (Lipinski definition) is 3. The van der Waals surface area contributed by atoms with Crippen molar-refractivity contribution in [3.8, 4) is 0 Å². The minimum Gasteiger partial charge on any atom is -0.389 e. The number of hydrogen-bond acceptors (Lipinski definition) is 7. The molecule has 0 spiro atoms. The van der Waals surface area contributed by atoms with E-state index in [0.29, 0.717) is 28.7 Å². The van der Waals surface area contributed by atoms with Crippen molar-refractivity contribution in [2.45, 2.75) is 57.5 Å². The van der Waals surface area contributed by atoms with Gasteiger partial charge in [-0.25, -0.2) is 4.98 Å². The van der Waals surface area contributed by atoms with E-state index in [1.807, 2.05) is 59.7 Å². The summed E-state index contributed by atoms with van der Waals surface area (Å²) >= 11 is 13.9. The van der Waals surface area contributed by atoms with E-state index in [0.717, 1.165) is 34.7 Å². The number of aryl methyl sites for hydroxylation is 1. The molecule has 11 heteroatoms. The minimum atomic E-state index is -0.995. The Kier molecular flexibility index (Phi) is 10.1. The molecule has 5 rings (SSSR count). The highest BCUT2D eigenvalue weighted by atomic mass is 35.5. The third-order valence-electron chi connectivity index (χ3n) is 7.50. The van der Waals surface area contributed by atoms with Gasteiger partial charge in [0.2, 0.25) is 0 Å². The Morgan fingerprint density at radius 2 is 1.81 bits per heavy atom. The van der Waals surface area contributed by atoms with E-state index in [4.69, 9.17) is 23.2 Å². The van der Waals surface area contributed by atoms with Crippen LogP contribution in [0.4, 0.5) is 0 Å². The zero-order chi connectivity index (χ0) is 30.5. The van der Waals surface area contributed by atoms with Crippen molar-refractivity contribution in [1.29, 1.82) is 0 Å². The van der Waals surface area contributed by atoms with Crippen molar-refractivity contribution in [2.75, 3.05) is 6.54 Å². The molecule has 224 valence electrons. The van der Waals surface area contributed by atoms with Gasteiger partial charge in [0.15, 0.2) is 0 Å². The standard InChI is InChI=1S/C32H33Cl2N5O3S/c1-19-18-43-31(37-19)27-9-6-10-39(27)32(42)24-13-23(16-35-17-24)30(41)38-20(2)29(40)28(22-7-4-3-5-8-22)36-15-21-11-25(33)14-26(34)12-21/h3-5,7-8,11-14,16-18,20,27-29,36,40H,6,9-10,15H2,1-2H3,(H,38,41). The maximum atomic E-state index is 13.5. The van der Waals surface area contributed by atoms with E-state index < -0.39 is 24.1 Å². The number of nitrogens with one attached hydrogen (secondary N) is 2. The number of thiazole rings is 1. The molecule has 4 unspecified atom stereocenters. The van der Waals surface area contributed by atoms with Gasteiger partial charge in [0.25, 0.3) is 11.8 Å². The minimum absolute atomic E-state index is 0.0794. The van der Waals surface area contributed by atoms with Crippen LogP contribution in [0.25, 0.3) is 0 Å². The monoisotopic (exact) mass is 637 g/mol.